The lowest BCUT2D eigenvalue weighted by molar-refractivity contribution is -0.126. The number of aromatic nitrogens is 6. The number of nitrogens with two attached hydrogens (primary N) is 2. The normalized spacial score (nSPS) is 10.8. The van der Waals surface area contributed by atoms with Crippen molar-refractivity contribution in [3.63, 3.8) is 0 Å². The summed E-state index contributed by atoms with van der Waals surface area (Å²) in [5.74, 6) is -4.21. The molecule has 0 fully saturated rings. The fourth-order valence-corrected chi connectivity index (χ4v) is 5.55. The van der Waals surface area contributed by atoms with E-state index in [9.17, 15) is 38.7 Å². The molecule has 26 heteroatoms. The zero-order chi connectivity index (χ0) is 46.1. The fraction of sp³-hybridized carbons (Fsp3) is 0.405. The number of carboxylic acids is 1. The lowest BCUT2D eigenvalue weighted by atomic mass is 10.3. The van der Waals surface area contributed by atoms with Gasteiger partial charge in [0.25, 0.3) is 17.7 Å². The van der Waals surface area contributed by atoms with E-state index >= 15 is 0 Å². The van der Waals surface area contributed by atoms with Crippen molar-refractivity contribution in [2.75, 3.05) is 80.5 Å². The molecule has 0 aliphatic rings. The Morgan fingerprint density at radius 3 is 1.59 bits per heavy atom. The maximum atomic E-state index is 13.1. The molecule has 0 atom stereocenters. The van der Waals surface area contributed by atoms with Gasteiger partial charge in [0.15, 0.2) is 17.6 Å². The third-order valence-corrected chi connectivity index (χ3v) is 8.49. The van der Waals surface area contributed by atoms with Gasteiger partial charge >= 0.3 is 5.97 Å². The van der Waals surface area contributed by atoms with Crippen LogP contribution in [0.1, 0.15) is 55.1 Å². The predicted molar refractivity (Wildman–Crippen MR) is 225 cm³/mol. The molecule has 6 amide bonds. The molecule has 4 aromatic heterocycles. The summed E-state index contributed by atoms with van der Waals surface area (Å²) in [5, 5.41) is 24.8. The second-order valence-corrected chi connectivity index (χ2v) is 13.6. The number of rotatable bonds is 25. The van der Waals surface area contributed by atoms with Crippen molar-refractivity contribution >= 4 is 70.4 Å². The molecule has 4 aromatic rings. The molecule has 4 rings (SSSR count). The topological polar surface area (TPSA) is 349 Å². The van der Waals surface area contributed by atoms with Crippen LogP contribution in [0.3, 0.4) is 0 Å². The van der Waals surface area contributed by atoms with Crippen molar-refractivity contribution in [3.05, 3.63) is 60.0 Å². The number of anilines is 4. The molecule has 11 N–H and O–H groups in total. The minimum Gasteiger partial charge on any atom is -0.477 e. The van der Waals surface area contributed by atoms with E-state index in [-0.39, 0.29) is 97.8 Å². The molecule has 0 bridgehead atoms. The van der Waals surface area contributed by atoms with E-state index in [0.29, 0.717) is 26.4 Å². The lowest BCUT2D eigenvalue weighted by Crippen LogP contribution is -2.31. The molecule has 0 saturated carbocycles. The number of nitrogens with one attached hydrogen (secondary N) is 6. The summed E-state index contributed by atoms with van der Waals surface area (Å²) < 4.78 is 21.5. The monoisotopic (exact) mass is 881 g/mol. The number of hydrogen-bond donors (Lipinski definition) is 9. The second-order valence-electron chi connectivity index (χ2n) is 13.6. The zero-order valence-electron chi connectivity index (χ0n) is 35.1. The SMILES string of the molecule is Cn1cc(NC(=O)c2nc(NC(=O)CCNC(=O)c3cc(NC(=O)c4nc(NC(=O)CCNC(=O)COCCOCCOCCN=C(N)N)cn4C)cn3C)cn2C)cc1C(=O)O. The number of aromatic carboxylic acids is 1. The number of carbonyl (C=O) groups is 7. The third kappa shape index (κ3) is 15.4. The van der Waals surface area contributed by atoms with Crippen LogP contribution in [-0.2, 0) is 56.8 Å². The number of aryl methyl sites for hydroxylation is 4. The van der Waals surface area contributed by atoms with Crippen LogP contribution in [0.15, 0.2) is 41.9 Å². The van der Waals surface area contributed by atoms with Crippen molar-refractivity contribution in [3.8, 4) is 0 Å². The van der Waals surface area contributed by atoms with E-state index in [1.807, 2.05) is 0 Å². The van der Waals surface area contributed by atoms with Crippen molar-refractivity contribution in [1.82, 2.24) is 38.9 Å². The Bertz CT molecular complexity index is 2300. The highest BCUT2D eigenvalue weighted by molar-refractivity contribution is 6.04. The highest BCUT2D eigenvalue weighted by Gasteiger charge is 2.20. The smallest absolute Gasteiger partial charge is 0.352 e. The number of nitrogens with zero attached hydrogens (tertiary/aromatic N) is 7. The minimum absolute atomic E-state index is 0.00331. The first-order valence-corrected chi connectivity index (χ1v) is 19.2. The van der Waals surface area contributed by atoms with E-state index < -0.39 is 41.4 Å². The van der Waals surface area contributed by atoms with E-state index in [2.05, 4.69) is 46.9 Å². The number of ether oxygens (including phenoxy) is 3. The fourth-order valence-electron chi connectivity index (χ4n) is 5.55. The lowest BCUT2D eigenvalue weighted by Gasteiger charge is -2.07. The molecule has 0 spiro atoms. The summed E-state index contributed by atoms with van der Waals surface area (Å²) in [6.45, 7) is 1.59. The molecule has 0 unspecified atom stereocenters. The van der Waals surface area contributed by atoms with Gasteiger partial charge in [-0.3, -0.25) is 33.8 Å². The Labute approximate surface area is 359 Å². The molecule has 0 aliphatic heterocycles. The van der Waals surface area contributed by atoms with Crippen molar-refractivity contribution in [2.45, 2.75) is 12.8 Å². The number of aliphatic imine (C=N–C) groups is 1. The number of amides is 6. The molecular formula is C37H51N15O11. The quantitative estimate of drug-likeness (QED) is 0.0209. The number of carbonyl (C=O) groups excluding carboxylic acids is 6. The summed E-state index contributed by atoms with van der Waals surface area (Å²) in [6, 6.07) is 2.73. The van der Waals surface area contributed by atoms with Gasteiger partial charge < -0.3 is 81.0 Å². The van der Waals surface area contributed by atoms with E-state index in [1.54, 1.807) is 21.1 Å². The molecule has 63 heavy (non-hydrogen) atoms. The largest absolute Gasteiger partial charge is 0.477 e. The van der Waals surface area contributed by atoms with Gasteiger partial charge in [0.05, 0.1) is 51.0 Å². The van der Waals surface area contributed by atoms with Gasteiger partial charge in [-0.05, 0) is 12.1 Å². The van der Waals surface area contributed by atoms with Gasteiger partial charge in [0.2, 0.25) is 29.4 Å². The van der Waals surface area contributed by atoms with Gasteiger partial charge in [-0.15, -0.1) is 0 Å². The van der Waals surface area contributed by atoms with E-state index in [0.717, 1.165) is 0 Å². The Balaban J connectivity index is 1.12. The van der Waals surface area contributed by atoms with E-state index in [4.69, 9.17) is 25.7 Å². The summed E-state index contributed by atoms with van der Waals surface area (Å²) in [5.41, 5.74) is 11.1. The van der Waals surface area contributed by atoms with Crippen LogP contribution in [0.2, 0.25) is 0 Å². The summed E-state index contributed by atoms with van der Waals surface area (Å²) in [7, 11) is 6.22. The highest BCUT2D eigenvalue weighted by atomic mass is 16.5. The maximum Gasteiger partial charge on any atom is 0.352 e. The highest BCUT2D eigenvalue weighted by Crippen LogP contribution is 2.17. The van der Waals surface area contributed by atoms with Crippen molar-refractivity contribution < 1.29 is 52.9 Å². The molecule has 0 aromatic carbocycles. The van der Waals surface area contributed by atoms with Crippen LogP contribution in [0, 0.1) is 0 Å². The van der Waals surface area contributed by atoms with Gasteiger partial charge in [-0.25, -0.2) is 14.8 Å². The molecule has 4 heterocycles. The number of imidazole rings is 2. The van der Waals surface area contributed by atoms with Crippen LogP contribution in [0.25, 0.3) is 0 Å². The number of hydrogen-bond acceptors (Lipinski definition) is 13. The van der Waals surface area contributed by atoms with Crippen LogP contribution in [-0.4, -0.2) is 140 Å². The van der Waals surface area contributed by atoms with Gasteiger partial charge in [0, 0.05) is 78.9 Å². The first-order chi connectivity index (χ1) is 30.0. The average molecular weight is 882 g/mol. The zero-order valence-corrected chi connectivity index (χ0v) is 35.1. The van der Waals surface area contributed by atoms with Crippen LogP contribution in [0.4, 0.5) is 23.0 Å². The Morgan fingerprint density at radius 2 is 1.08 bits per heavy atom. The van der Waals surface area contributed by atoms with Crippen molar-refractivity contribution in [2.24, 2.45) is 44.7 Å². The molecule has 0 aliphatic carbocycles. The van der Waals surface area contributed by atoms with Crippen molar-refractivity contribution in [1.29, 1.82) is 0 Å². The second kappa shape index (κ2) is 23.4. The summed E-state index contributed by atoms with van der Waals surface area (Å²) in [4.78, 5) is 99.3. The Kier molecular flexibility index (Phi) is 17.9. The van der Waals surface area contributed by atoms with Crippen LogP contribution < -0.4 is 43.4 Å². The maximum absolute atomic E-state index is 13.1. The first kappa shape index (κ1) is 48.1. The Morgan fingerprint density at radius 1 is 0.603 bits per heavy atom. The molecule has 0 radical (unpaired) electrons. The van der Waals surface area contributed by atoms with Gasteiger partial charge in [0.1, 0.15) is 18.0 Å². The third-order valence-electron chi connectivity index (χ3n) is 8.49. The average Bonchev–Trinajstić information content (AvgIpc) is 3.98. The van der Waals surface area contributed by atoms with Gasteiger partial charge in [-0.1, -0.05) is 0 Å². The molecular weight excluding hydrogens is 831 g/mol. The van der Waals surface area contributed by atoms with E-state index in [1.165, 1.54) is 62.2 Å². The number of guanidine groups is 1. The first-order valence-electron chi connectivity index (χ1n) is 19.2. The standard InChI is InChI=1S/C37H51N15O11/c1-49-17-22(15-24(49)33(56)41-8-6-29(54)46-27-20-52(4)32(48-27)35(58)44-23-16-25(36(59)60)50(2)18-23)43-34(57)31-47-26(19-51(31)3)45-28(53)5-7-40-30(55)21-63-14-13-62-12-11-61-10-9-42-37(38)39/h15-20H,5-14,21H2,1-4H3,(H,40,55)(H,41,56)(H,43,57)(H,44,58)(H,45,53)(H,46,54)(H,59,60)(H4,38,39,42). The van der Waals surface area contributed by atoms with Crippen LogP contribution in [0.5, 0.6) is 0 Å². The molecule has 26 nitrogen and oxygen atoms in total. The predicted octanol–water partition coefficient (Wildman–Crippen LogP) is -1.44. The number of carboxylic acid groups (broad SMARTS) is 1. The molecule has 0 saturated heterocycles. The minimum atomic E-state index is -1.16. The Hall–Kier alpha value is -7.58. The summed E-state index contributed by atoms with van der Waals surface area (Å²) in [6.07, 6.45) is 5.60. The van der Waals surface area contributed by atoms with Crippen LogP contribution >= 0.6 is 0 Å². The molecule has 340 valence electrons. The van der Waals surface area contributed by atoms with Gasteiger partial charge in [-0.2, -0.15) is 0 Å². The summed E-state index contributed by atoms with van der Waals surface area (Å²) >= 11 is 0.